The van der Waals surface area contributed by atoms with Gasteiger partial charge >= 0.3 is 12.4 Å². The van der Waals surface area contributed by atoms with Crippen LogP contribution in [0.1, 0.15) is 43.4 Å². The normalized spacial score (nSPS) is 14.4. The van der Waals surface area contributed by atoms with E-state index in [9.17, 15) is 40.6 Å². The summed E-state index contributed by atoms with van der Waals surface area (Å²) in [6, 6.07) is 5.51. The Hall–Kier alpha value is -2.10. The number of ether oxygens (including phenoxy) is 1. The molecule has 3 N–H and O–H groups in total. The summed E-state index contributed by atoms with van der Waals surface area (Å²) in [5, 5.41) is 10.5. The molecular weight excluding hydrogens is 550 g/mol. The average molecular weight is 576 g/mol. The van der Waals surface area contributed by atoms with Crippen molar-refractivity contribution in [3.05, 3.63) is 57.9 Å². The standard InChI is InChI=1S/C24H26ClF7NO3P/c1-21(2,10-14-8-16(37)3-4-18(14)36-11-19(33)34)12-22(35,24(30,31)32)6-5-13-7-15(23(27,28)29)9-17(25)20(13)26/h3-4,7-9,35H,5-6,10-12,37H2,1-2H3,(H2,33,34). The van der Waals surface area contributed by atoms with Crippen molar-refractivity contribution in [2.45, 2.75) is 57.5 Å². The first kappa shape index (κ1) is 31.1. The third-order valence-electron chi connectivity index (χ3n) is 5.66. The molecule has 0 saturated heterocycles. The van der Waals surface area contributed by atoms with Crippen LogP contribution in [0.15, 0.2) is 30.3 Å². The lowest BCUT2D eigenvalue weighted by atomic mass is 9.74. The van der Waals surface area contributed by atoms with E-state index in [-0.39, 0.29) is 12.2 Å². The Morgan fingerprint density at radius 3 is 2.24 bits per heavy atom. The molecule has 2 aromatic carbocycles. The number of benzene rings is 2. The van der Waals surface area contributed by atoms with Crippen LogP contribution >= 0.6 is 20.8 Å². The molecule has 0 aliphatic carbocycles. The molecule has 0 spiro atoms. The summed E-state index contributed by atoms with van der Waals surface area (Å²) >= 11 is 5.53. The van der Waals surface area contributed by atoms with Gasteiger partial charge in [0.2, 0.25) is 0 Å². The van der Waals surface area contributed by atoms with Crippen LogP contribution in [0.5, 0.6) is 5.75 Å². The minimum atomic E-state index is -5.18. The lowest BCUT2D eigenvalue weighted by Gasteiger charge is -2.38. The molecule has 0 radical (unpaired) electrons. The number of aliphatic hydroxyl groups is 1. The highest BCUT2D eigenvalue weighted by molar-refractivity contribution is 7.27. The summed E-state index contributed by atoms with van der Waals surface area (Å²) in [4.78, 5) is 11.1. The molecule has 0 heterocycles. The van der Waals surface area contributed by atoms with Crippen molar-refractivity contribution in [3.63, 3.8) is 0 Å². The summed E-state index contributed by atoms with van der Waals surface area (Å²) in [7, 11) is 2.42. The zero-order valence-electron chi connectivity index (χ0n) is 19.9. The van der Waals surface area contributed by atoms with E-state index in [2.05, 4.69) is 9.24 Å². The van der Waals surface area contributed by atoms with Gasteiger partial charge < -0.3 is 15.6 Å². The van der Waals surface area contributed by atoms with E-state index in [1.807, 2.05) is 0 Å². The van der Waals surface area contributed by atoms with Gasteiger partial charge in [0.1, 0.15) is 11.6 Å². The van der Waals surface area contributed by atoms with Gasteiger partial charge in [-0.05, 0) is 71.8 Å². The highest BCUT2D eigenvalue weighted by Crippen LogP contribution is 2.45. The number of primary amides is 1. The highest BCUT2D eigenvalue weighted by Gasteiger charge is 2.55. The van der Waals surface area contributed by atoms with E-state index >= 15 is 0 Å². The Morgan fingerprint density at radius 1 is 1.08 bits per heavy atom. The fourth-order valence-corrected chi connectivity index (χ4v) is 4.60. The predicted molar refractivity (Wildman–Crippen MR) is 128 cm³/mol. The number of nitrogens with two attached hydrogens (primary N) is 1. The van der Waals surface area contributed by atoms with Crippen molar-refractivity contribution >= 4 is 32.1 Å². The smallest absolute Gasteiger partial charge is 0.417 e. The van der Waals surface area contributed by atoms with Gasteiger partial charge in [-0.1, -0.05) is 31.5 Å². The first-order valence-corrected chi connectivity index (χ1v) is 11.8. The fraction of sp³-hybridized carbons (Fsp3) is 0.458. The molecule has 2 unspecified atom stereocenters. The fourth-order valence-electron chi connectivity index (χ4n) is 4.06. The van der Waals surface area contributed by atoms with Crippen LogP contribution in [0.4, 0.5) is 30.7 Å². The monoisotopic (exact) mass is 575 g/mol. The van der Waals surface area contributed by atoms with Gasteiger partial charge in [0, 0.05) is 0 Å². The van der Waals surface area contributed by atoms with E-state index in [0.29, 0.717) is 23.0 Å². The van der Waals surface area contributed by atoms with E-state index in [1.54, 1.807) is 12.1 Å². The van der Waals surface area contributed by atoms with Gasteiger partial charge in [-0.2, -0.15) is 26.3 Å². The Labute approximate surface area is 216 Å². The van der Waals surface area contributed by atoms with E-state index in [1.165, 1.54) is 19.9 Å². The lowest BCUT2D eigenvalue weighted by molar-refractivity contribution is -0.272. The van der Waals surface area contributed by atoms with Crippen molar-refractivity contribution in [1.82, 2.24) is 0 Å². The topological polar surface area (TPSA) is 72.5 Å². The van der Waals surface area contributed by atoms with E-state index < -0.39 is 77.1 Å². The predicted octanol–water partition coefficient (Wildman–Crippen LogP) is 5.75. The molecular formula is C24H26ClF7NO3P. The molecule has 2 aromatic rings. The summed E-state index contributed by atoms with van der Waals surface area (Å²) in [6.45, 7) is 2.46. The maximum Gasteiger partial charge on any atom is 0.417 e. The molecule has 0 aromatic heterocycles. The molecule has 13 heteroatoms. The molecule has 0 fully saturated rings. The Bertz CT molecular complexity index is 1140. The number of amides is 1. The third-order valence-corrected chi connectivity index (χ3v) is 6.30. The zero-order chi connectivity index (χ0) is 28.4. The van der Waals surface area contributed by atoms with Crippen LogP contribution in [0.2, 0.25) is 5.02 Å². The van der Waals surface area contributed by atoms with Gasteiger partial charge in [-0.15, -0.1) is 9.24 Å². The maximum atomic E-state index is 14.4. The van der Waals surface area contributed by atoms with Gasteiger partial charge in [-0.25, -0.2) is 4.39 Å². The van der Waals surface area contributed by atoms with Crippen LogP contribution in [0.3, 0.4) is 0 Å². The largest absolute Gasteiger partial charge is 0.484 e. The van der Waals surface area contributed by atoms with Crippen LogP contribution < -0.4 is 15.8 Å². The first-order chi connectivity index (χ1) is 16.7. The van der Waals surface area contributed by atoms with Crippen LogP contribution in [0, 0.1) is 11.2 Å². The van der Waals surface area contributed by atoms with Gasteiger partial charge in [0.05, 0.1) is 10.6 Å². The molecule has 206 valence electrons. The minimum Gasteiger partial charge on any atom is -0.484 e. The number of hydrogen-bond donors (Lipinski definition) is 2. The molecule has 0 saturated carbocycles. The van der Waals surface area contributed by atoms with Crippen molar-refractivity contribution in [2.75, 3.05) is 6.61 Å². The van der Waals surface area contributed by atoms with Crippen LogP contribution in [-0.2, 0) is 23.8 Å². The summed E-state index contributed by atoms with van der Waals surface area (Å²) < 4.78 is 101. The average Bonchev–Trinajstić information content (AvgIpc) is 2.71. The summed E-state index contributed by atoms with van der Waals surface area (Å²) in [6.07, 6.45) is -12.9. The summed E-state index contributed by atoms with van der Waals surface area (Å²) in [5.74, 6) is -1.82. The number of hydrogen-bond acceptors (Lipinski definition) is 3. The maximum absolute atomic E-state index is 14.4. The molecule has 4 nitrogen and oxygen atoms in total. The SMILES string of the molecule is CC(C)(Cc1cc(P)ccc1OCC(N)=O)CC(O)(CCc1cc(C(F)(F)F)cc(Cl)c1F)C(F)(F)F. The number of aryl methyl sites for hydroxylation is 1. The molecule has 2 atom stereocenters. The number of carbonyl (C=O) groups excluding carboxylic acids is 1. The Kier molecular flexibility index (Phi) is 9.53. The minimum absolute atomic E-state index is 0.0362. The van der Waals surface area contributed by atoms with Crippen LogP contribution in [-0.4, -0.2) is 29.4 Å². The third kappa shape index (κ3) is 8.45. The first-order valence-electron chi connectivity index (χ1n) is 10.9. The van der Waals surface area contributed by atoms with Crippen molar-refractivity contribution < 1.29 is 45.4 Å². The summed E-state index contributed by atoms with van der Waals surface area (Å²) in [5.41, 5.74) is -1.08. The van der Waals surface area contributed by atoms with Gasteiger partial charge in [0.25, 0.3) is 5.91 Å². The quantitative estimate of drug-likeness (QED) is 0.280. The zero-order valence-corrected chi connectivity index (χ0v) is 21.8. The molecule has 37 heavy (non-hydrogen) atoms. The number of alkyl halides is 6. The molecule has 0 aliphatic heterocycles. The van der Waals surface area contributed by atoms with E-state index in [4.69, 9.17) is 22.1 Å². The number of rotatable bonds is 10. The Morgan fingerprint density at radius 2 is 1.70 bits per heavy atom. The molecule has 0 bridgehead atoms. The van der Waals surface area contributed by atoms with Crippen molar-refractivity contribution in [3.8, 4) is 5.75 Å². The second-order valence-electron chi connectivity index (χ2n) is 9.60. The van der Waals surface area contributed by atoms with Gasteiger partial charge in [0.15, 0.2) is 12.2 Å². The van der Waals surface area contributed by atoms with E-state index in [0.717, 1.165) is 0 Å². The molecule has 1 amide bonds. The molecule has 0 aliphatic rings. The molecule has 2 rings (SSSR count). The van der Waals surface area contributed by atoms with Crippen molar-refractivity contribution in [2.24, 2.45) is 11.1 Å². The second kappa shape index (κ2) is 11.3. The van der Waals surface area contributed by atoms with Crippen molar-refractivity contribution in [1.29, 1.82) is 0 Å². The Balaban J connectivity index is 2.34. The highest BCUT2D eigenvalue weighted by atomic mass is 35.5. The number of carbonyl (C=O) groups is 1. The number of halogens is 8. The second-order valence-corrected chi connectivity index (χ2v) is 10.7. The lowest BCUT2D eigenvalue weighted by Crippen LogP contribution is -2.49. The van der Waals surface area contributed by atoms with Gasteiger partial charge in [-0.3, -0.25) is 4.79 Å². The van der Waals surface area contributed by atoms with Crippen LogP contribution in [0.25, 0.3) is 0 Å².